The summed E-state index contributed by atoms with van der Waals surface area (Å²) < 4.78 is 14.4. The molecule has 0 radical (unpaired) electrons. The highest BCUT2D eigenvalue weighted by molar-refractivity contribution is 7.99. The average Bonchev–Trinajstić information content (AvgIpc) is 3.19. The molecule has 0 bridgehead atoms. The lowest BCUT2D eigenvalue weighted by molar-refractivity contribution is -0.115. The molecule has 2 aromatic heterocycles. The number of carbonyl (C=O) groups excluding carboxylic acids is 2. The fourth-order valence-corrected chi connectivity index (χ4v) is 4.63. The number of amides is 1. The fourth-order valence-electron chi connectivity index (χ4n) is 3.74. The molecule has 2 heterocycles. The predicted molar refractivity (Wildman–Crippen MR) is 150 cm³/mol. The first-order chi connectivity index (χ1) is 18.1. The number of carbonyl (C=O) groups is 2. The average molecular weight is 537 g/mol. The minimum absolute atomic E-state index is 0.0206. The van der Waals surface area contributed by atoms with E-state index in [2.05, 4.69) is 0 Å². The molecular weight excluding hydrogens is 504 g/mol. The van der Waals surface area contributed by atoms with Gasteiger partial charge in [0.1, 0.15) is 11.5 Å². The largest absolute Gasteiger partial charge is 0.497 e. The van der Waals surface area contributed by atoms with Gasteiger partial charge in [-0.15, -0.1) is 0 Å². The molecule has 0 aliphatic heterocycles. The Balaban J connectivity index is 0.000000732. The Morgan fingerprint density at radius 3 is 2.34 bits per heavy atom. The minimum atomic E-state index is -0.242. The highest BCUT2D eigenvalue weighted by Gasteiger charge is 2.20. The van der Waals surface area contributed by atoms with Crippen LogP contribution in [-0.2, 0) is 11.8 Å². The van der Waals surface area contributed by atoms with E-state index in [1.165, 1.54) is 21.2 Å². The number of benzene rings is 2. The van der Waals surface area contributed by atoms with Gasteiger partial charge in [0, 0.05) is 44.2 Å². The van der Waals surface area contributed by atoms with E-state index in [0.29, 0.717) is 38.8 Å². The lowest BCUT2D eigenvalue weighted by Crippen LogP contribution is -2.23. The summed E-state index contributed by atoms with van der Waals surface area (Å²) in [7, 11) is 8.42. The predicted octanol–water partition coefficient (Wildman–Crippen LogP) is 4.04. The number of rotatable bonds is 8. The molecule has 9 nitrogen and oxygen atoms in total. The van der Waals surface area contributed by atoms with Crippen molar-refractivity contribution < 1.29 is 19.1 Å². The number of hydrogen-bond donors (Lipinski definition) is 0. The molecule has 0 aliphatic carbocycles. The van der Waals surface area contributed by atoms with E-state index in [4.69, 9.17) is 14.5 Å². The number of ketones is 1. The molecular formula is C28H32N4O5S. The van der Waals surface area contributed by atoms with Crippen molar-refractivity contribution >= 4 is 34.9 Å². The summed E-state index contributed by atoms with van der Waals surface area (Å²) in [4.78, 5) is 42.2. The third-order valence-corrected chi connectivity index (χ3v) is 6.93. The molecule has 0 unspecified atom stereocenters. The van der Waals surface area contributed by atoms with E-state index in [-0.39, 0.29) is 17.1 Å². The van der Waals surface area contributed by atoms with Gasteiger partial charge in [-0.3, -0.25) is 19.0 Å². The van der Waals surface area contributed by atoms with E-state index in [1.54, 1.807) is 64.7 Å². The van der Waals surface area contributed by atoms with Crippen LogP contribution < -0.4 is 15.0 Å². The number of para-hydroxylation sites is 1. The Kier molecular flexibility index (Phi) is 9.35. The molecule has 0 atom stereocenters. The second kappa shape index (κ2) is 12.5. The number of fused-ring (bicyclic) bond motifs is 1. The summed E-state index contributed by atoms with van der Waals surface area (Å²) in [5.41, 5.74) is 3.44. The molecule has 1 amide bonds. The maximum Gasteiger partial charge on any atom is 0.266 e. The molecule has 0 saturated carbocycles. The maximum atomic E-state index is 13.6. The monoisotopic (exact) mass is 536 g/mol. The van der Waals surface area contributed by atoms with Crippen molar-refractivity contribution in [3.8, 4) is 17.2 Å². The van der Waals surface area contributed by atoms with Crippen LogP contribution in [0.1, 0.15) is 21.7 Å². The first kappa shape index (κ1) is 28.5. The van der Waals surface area contributed by atoms with Crippen LogP contribution in [0.25, 0.3) is 16.6 Å². The van der Waals surface area contributed by atoms with Gasteiger partial charge in [-0.25, -0.2) is 4.98 Å². The van der Waals surface area contributed by atoms with Crippen LogP contribution in [0, 0.1) is 13.8 Å². The highest BCUT2D eigenvalue weighted by atomic mass is 32.2. The normalized spacial score (nSPS) is 10.5. The summed E-state index contributed by atoms with van der Waals surface area (Å²) in [6.07, 6.45) is 0.750. The van der Waals surface area contributed by atoms with Gasteiger partial charge in [-0.2, -0.15) is 0 Å². The van der Waals surface area contributed by atoms with Gasteiger partial charge in [-0.05, 0) is 44.2 Å². The fraction of sp³-hybridized carbons (Fsp3) is 0.286. The van der Waals surface area contributed by atoms with Gasteiger partial charge in [-0.1, -0.05) is 23.9 Å². The first-order valence-electron chi connectivity index (χ1n) is 11.8. The molecule has 38 heavy (non-hydrogen) atoms. The molecule has 200 valence electrons. The van der Waals surface area contributed by atoms with Gasteiger partial charge in [0.05, 0.1) is 36.6 Å². The molecule has 0 spiro atoms. The maximum absolute atomic E-state index is 13.6. The van der Waals surface area contributed by atoms with Crippen LogP contribution in [0.2, 0.25) is 0 Å². The minimum Gasteiger partial charge on any atom is -0.497 e. The number of Topliss-reactive ketones (excluding diaryl/α,β-unsaturated/α-hetero) is 1. The Hall–Kier alpha value is -4.05. The number of ether oxygens (including phenoxy) is 2. The van der Waals surface area contributed by atoms with Gasteiger partial charge < -0.3 is 18.9 Å². The Morgan fingerprint density at radius 2 is 1.76 bits per heavy atom. The topological polar surface area (TPSA) is 95.7 Å². The van der Waals surface area contributed by atoms with Crippen molar-refractivity contribution in [1.82, 2.24) is 19.0 Å². The van der Waals surface area contributed by atoms with Gasteiger partial charge in [0.15, 0.2) is 10.9 Å². The number of aryl methyl sites for hydroxylation is 1. The second-order valence-corrected chi connectivity index (χ2v) is 9.66. The van der Waals surface area contributed by atoms with Crippen molar-refractivity contribution in [1.29, 1.82) is 0 Å². The van der Waals surface area contributed by atoms with E-state index >= 15 is 0 Å². The second-order valence-electron chi connectivity index (χ2n) is 8.71. The zero-order valence-corrected chi connectivity index (χ0v) is 23.5. The van der Waals surface area contributed by atoms with Crippen LogP contribution >= 0.6 is 11.8 Å². The third kappa shape index (κ3) is 6.08. The lowest BCUT2D eigenvalue weighted by atomic mass is 10.2. The van der Waals surface area contributed by atoms with Crippen LogP contribution in [-0.4, -0.2) is 65.3 Å². The van der Waals surface area contributed by atoms with Gasteiger partial charge in [0.2, 0.25) is 6.41 Å². The molecule has 0 N–H and O–H groups in total. The molecule has 4 rings (SSSR count). The van der Waals surface area contributed by atoms with E-state index in [1.807, 2.05) is 37.6 Å². The zero-order chi connectivity index (χ0) is 28.0. The smallest absolute Gasteiger partial charge is 0.266 e. The number of aromatic nitrogens is 3. The summed E-state index contributed by atoms with van der Waals surface area (Å²) in [6, 6.07) is 14.3. The van der Waals surface area contributed by atoms with Crippen molar-refractivity contribution in [3.63, 3.8) is 0 Å². The van der Waals surface area contributed by atoms with E-state index < -0.39 is 0 Å². The summed E-state index contributed by atoms with van der Waals surface area (Å²) in [5, 5.41) is 0.886. The van der Waals surface area contributed by atoms with Crippen LogP contribution in [0.4, 0.5) is 0 Å². The van der Waals surface area contributed by atoms with E-state index in [0.717, 1.165) is 17.8 Å². The molecule has 0 aliphatic rings. The summed E-state index contributed by atoms with van der Waals surface area (Å²) >= 11 is 1.23. The zero-order valence-electron chi connectivity index (χ0n) is 22.6. The van der Waals surface area contributed by atoms with Crippen molar-refractivity contribution in [2.24, 2.45) is 7.05 Å². The number of methoxy groups -OCH3 is 2. The van der Waals surface area contributed by atoms with Gasteiger partial charge >= 0.3 is 0 Å². The lowest BCUT2D eigenvalue weighted by Gasteiger charge is -2.16. The quantitative estimate of drug-likeness (QED) is 0.145. The van der Waals surface area contributed by atoms with E-state index in [9.17, 15) is 14.4 Å². The number of thioether (sulfide) groups is 1. The Bertz CT molecular complexity index is 1520. The Morgan fingerprint density at radius 1 is 1.08 bits per heavy atom. The highest BCUT2D eigenvalue weighted by Crippen LogP contribution is 2.31. The molecule has 10 heteroatoms. The standard InChI is InChI=1S/C25H25N3O4S.C3H7NO/c1-15-12-19(16(2)27(15)3)22(29)14-33-25-26-20-9-7-6-8-18(20)24(30)28(25)21-13-17(31-4)10-11-23(21)32-5;1-4(2)3-5/h6-13H,14H2,1-5H3;3H,1-2H3. The first-order valence-corrected chi connectivity index (χ1v) is 12.8. The van der Waals surface area contributed by atoms with Crippen LogP contribution in [0.3, 0.4) is 0 Å². The van der Waals surface area contributed by atoms with Crippen molar-refractivity contribution in [2.45, 2.75) is 19.0 Å². The van der Waals surface area contributed by atoms with Crippen LogP contribution in [0.15, 0.2) is 58.5 Å². The summed E-state index contributed by atoms with van der Waals surface area (Å²) in [5.74, 6) is 1.19. The SMILES string of the molecule is CN(C)C=O.COc1ccc(OC)c(-n2c(SCC(=O)c3cc(C)n(C)c3C)nc3ccccc3c2=O)c1. The van der Waals surface area contributed by atoms with Gasteiger partial charge in [0.25, 0.3) is 5.56 Å². The molecule has 4 aromatic rings. The van der Waals surface area contributed by atoms with Crippen LogP contribution in [0.5, 0.6) is 11.5 Å². The van der Waals surface area contributed by atoms with Crippen molar-refractivity contribution in [3.05, 3.63) is 75.8 Å². The Labute approximate surface area is 226 Å². The molecule has 0 saturated heterocycles. The number of nitrogens with zero attached hydrogens (tertiary/aromatic N) is 4. The van der Waals surface area contributed by atoms with Crippen molar-refractivity contribution in [2.75, 3.05) is 34.1 Å². The summed E-state index contributed by atoms with van der Waals surface area (Å²) in [6.45, 7) is 3.89. The molecule has 0 fully saturated rings. The third-order valence-electron chi connectivity index (χ3n) is 5.99. The molecule has 2 aromatic carbocycles. The number of hydrogen-bond acceptors (Lipinski definition) is 7.